The highest BCUT2D eigenvalue weighted by Crippen LogP contribution is 2.28. The minimum absolute atomic E-state index is 0.239. The number of carbonyl (C=O) groups excluding carboxylic acids is 1. The molecule has 3 N–H and O–H groups in total. The fourth-order valence-electron chi connectivity index (χ4n) is 1.47. The second kappa shape index (κ2) is 6.33. The van der Waals surface area contributed by atoms with Crippen LogP contribution in [0.3, 0.4) is 0 Å². The maximum absolute atomic E-state index is 11.5. The number of amides is 1. The van der Waals surface area contributed by atoms with E-state index in [1.54, 1.807) is 24.3 Å². The van der Waals surface area contributed by atoms with Crippen LogP contribution in [-0.2, 0) is 0 Å². The number of carbonyl (C=O) groups is 1. The lowest BCUT2D eigenvalue weighted by Crippen LogP contribution is -2.23. The minimum atomic E-state index is -0.269. The Labute approximate surface area is 124 Å². The van der Waals surface area contributed by atoms with Crippen LogP contribution in [-0.4, -0.2) is 22.6 Å². The first kappa shape index (κ1) is 14.3. The normalized spacial score (nSPS) is 10.1. The van der Waals surface area contributed by atoms with E-state index in [9.17, 15) is 4.79 Å². The molecule has 1 heterocycles. The zero-order valence-electron chi connectivity index (χ0n) is 10.8. The van der Waals surface area contributed by atoms with Crippen molar-refractivity contribution in [2.24, 2.45) is 0 Å². The lowest BCUT2D eigenvalue weighted by Gasteiger charge is -2.07. The molecule has 0 unspecified atom stereocenters. The number of ether oxygens (including phenoxy) is 1. The van der Waals surface area contributed by atoms with Crippen molar-refractivity contribution in [1.82, 2.24) is 15.5 Å². The van der Waals surface area contributed by atoms with Gasteiger partial charge in [0.2, 0.25) is 5.88 Å². The molecule has 0 radical (unpaired) electrons. The zero-order valence-corrected chi connectivity index (χ0v) is 12.3. The van der Waals surface area contributed by atoms with Crippen molar-refractivity contribution in [2.75, 3.05) is 12.3 Å². The summed E-state index contributed by atoms with van der Waals surface area (Å²) >= 11 is 3.31. The number of hydrogen-bond donors (Lipinski definition) is 2. The van der Waals surface area contributed by atoms with Gasteiger partial charge in [-0.05, 0) is 31.2 Å². The van der Waals surface area contributed by atoms with Gasteiger partial charge in [0, 0.05) is 17.1 Å². The van der Waals surface area contributed by atoms with Crippen LogP contribution in [0.15, 0.2) is 34.8 Å². The topological polar surface area (TPSA) is 90.1 Å². The number of rotatable bonds is 4. The van der Waals surface area contributed by atoms with Gasteiger partial charge >= 0.3 is 0 Å². The zero-order chi connectivity index (χ0) is 14.5. The van der Waals surface area contributed by atoms with Gasteiger partial charge in [0.05, 0.1) is 5.69 Å². The van der Waals surface area contributed by atoms with Crippen LogP contribution in [0.25, 0.3) is 0 Å². The first-order chi connectivity index (χ1) is 9.60. The third-order valence-corrected chi connectivity index (χ3v) is 2.89. The molecular formula is C13H13BrN4O2. The van der Waals surface area contributed by atoms with Gasteiger partial charge in [-0.1, -0.05) is 15.9 Å². The van der Waals surface area contributed by atoms with Crippen LogP contribution in [0, 0.1) is 0 Å². The number of benzene rings is 1. The third kappa shape index (κ3) is 3.45. The number of halogens is 1. The quantitative estimate of drug-likeness (QED) is 0.836. The molecule has 7 heteroatoms. The van der Waals surface area contributed by atoms with Crippen molar-refractivity contribution in [1.29, 1.82) is 0 Å². The van der Waals surface area contributed by atoms with Crippen molar-refractivity contribution >= 4 is 27.5 Å². The number of hydrogen-bond acceptors (Lipinski definition) is 5. The summed E-state index contributed by atoms with van der Waals surface area (Å²) < 4.78 is 6.37. The Kier molecular flexibility index (Phi) is 4.52. The highest BCUT2D eigenvalue weighted by molar-refractivity contribution is 9.10. The summed E-state index contributed by atoms with van der Waals surface area (Å²) in [5, 5.41) is 10.3. The summed E-state index contributed by atoms with van der Waals surface area (Å²) in [6, 6.07) is 8.37. The molecule has 104 valence electrons. The second-order valence-corrected chi connectivity index (χ2v) is 4.82. The fourth-order valence-corrected chi connectivity index (χ4v) is 1.85. The molecule has 0 aliphatic rings. The number of anilines is 1. The Hall–Kier alpha value is -2.15. The van der Waals surface area contributed by atoms with Crippen LogP contribution in [0.5, 0.6) is 11.6 Å². The van der Waals surface area contributed by atoms with Gasteiger partial charge in [0.15, 0.2) is 11.4 Å². The Morgan fingerprint density at radius 1 is 1.35 bits per heavy atom. The van der Waals surface area contributed by atoms with E-state index in [0.717, 1.165) is 4.47 Å². The lowest BCUT2D eigenvalue weighted by atomic mass is 10.3. The molecule has 0 saturated heterocycles. The molecule has 2 rings (SSSR count). The van der Waals surface area contributed by atoms with E-state index < -0.39 is 0 Å². The Morgan fingerprint density at radius 3 is 2.75 bits per heavy atom. The molecular weight excluding hydrogens is 324 g/mol. The Morgan fingerprint density at radius 2 is 2.15 bits per heavy atom. The Bertz CT molecular complexity index is 616. The Balaban J connectivity index is 2.12. The average molecular weight is 337 g/mol. The minimum Gasteiger partial charge on any atom is -0.435 e. The molecule has 0 fully saturated rings. The van der Waals surface area contributed by atoms with E-state index >= 15 is 0 Å². The number of nitrogen functional groups attached to an aromatic ring is 1. The largest absolute Gasteiger partial charge is 0.435 e. The predicted octanol–water partition coefficient (Wildman–Crippen LogP) is 2.36. The van der Waals surface area contributed by atoms with Crippen molar-refractivity contribution in [3.63, 3.8) is 0 Å². The molecule has 0 aliphatic heterocycles. The van der Waals surface area contributed by atoms with E-state index in [-0.39, 0.29) is 17.5 Å². The molecule has 1 amide bonds. The van der Waals surface area contributed by atoms with E-state index in [1.807, 2.05) is 13.0 Å². The van der Waals surface area contributed by atoms with Gasteiger partial charge in [-0.3, -0.25) is 4.79 Å². The first-order valence-corrected chi connectivity index (χ1v) is 6.74. The number of nitrogens with two attached hydrogens (primary N) is 1. The standard InChI is InChI=1S/C13H13BrN4O2/c1-2-16-13(19)10-4-6-12(18-17-10)20-11-5-3-8(14)7-9(11)15/h3-7H,2,15H2,1H3,(H,16,19). The maximum Gasteiger partial charge on any atom is 0.271 e. The van der Waals surface area contributed by atoms with Gasteiger partial charge < -0.3 is 15.8 Å². The molecule has 6 nitrogen and oxygen atoms in total. The van der Waals surface area contributed by atoms with Crippen LogP contribution < -0.4 is 15.8 Å². The lowest BCUT2D eigenvalue weighted by molar-refractivity contribution is 0.0949. The van der Waals surface area contributed by atoms with E-state index in [1.165, 1.54) is 0 Å². The van der Waals surface area contributed by atoms with E-state index in [2.05, 4.69) is 31.4 Å². The summed E-state index contributed by atoms with van der Waals surface area (Å²) in [6.07, 6.45) is 0. The highest BCUT2D eigenvalue weighted by atomic mass is 79.9. The summed E-state index contributed by atoms with van der Waals surface area (Å²) in [5.41, 5.74) is 6.54. The van der Waals surface area contributed by atoms with Crippen LogP contribution in [0.1, 0.15) is 17.4 Å². The molecule has 1 aromatic carbocycles. The molecule has 0 saturated carbocycles. The number of nitrogens with one attached hydrogen (secondary N) is 1. The van der Waals surface area contributed by atoms with Crippen molar-refractivity contribution < 1.29 is 9.53 Å². The second-order valence-electron chi connectivity index (χ2n) is 3.90. The van der Waals surface area contributed by atoms with Gasteiger partial charge in [-0.25, -0.2) is 0 Å². The average Bonchev–Trinajstić information content (AvgIpc) is 2.43. The number of aromatic nitrogens is 2. The van der Waals surface area contributed by atoms with Crippen molar-refractivity contribution in [2.45, 2.75) is 6.92 Å². The first-order valence-electron chi connectivity index (χ1n) is 5.95. The molecule has 2 aromatic rings. The van der Waals surface area contributed by atoms with Gasteiger partial charge in [-0.15, -0.1) is 10.2 Å². The van der Waals surface area contributed by atoms with Gasteiger partial charge in [0.1, 0.15) is 0 Å². The van der Waals surface area contributed by atoms with Gasteiger partial charge in [0.25, 0.3) is 5.91 Å². The monoisotopic (exact) mass is 336 g/mol. The van der Waals surface area contributed by atoms with E-state index in [4.69, 9.17) is 10.5 Å². The van der Waals surface area contributed by atoms with Crippen LogP contribution >= 0.6 is 15.9 Å². The van der Waals surface area contributed by atoms with Crippen LogP contribution in [0.4, 0.5) is 5.69 Å². The van der Waals surface area contributed by atoms with Crippen molar-refractivity contribution in [3.8, 4) is 11.6 Å². The highest BCUT2D eigenvalue weighted by Gasteiger charge is 2.08. The SMILES string of the molecule is CCNC(=O)c1ccc(Oc2ccc(Br)cc2N)nn1. The molecule has 1 aromatic heterocycles. The molecule has 0 atom stereocenters. The molecule has 0 spiro atoms. The molecule has 0 bridgehead atoms. The van der Waals surface area contributed by atoms with Crippen LogP contribution in [0.2, 0.25) is 0 Å². The van der Waals surface area contributed by atoms with E-state index in [0.29, 0.717) is 18.0 Å². The molecule has 20 heavy (non-hydrogen) atoms. The summed E-state index contributed by atoms with van der Waals surface area (Å²) in [6.45, 7) is 2.37. The van der Waals surface area contributed by atoms with Crippen molar-refractivity contribution in [3.05, 3.63) is 40.5 Å². The van der Waals surface area contributed by atoms with Gasteiger partial charge in [-0.2, -0.15) is 0 Å². The summed E-state index contributed by atoms with van der Waals surface area (Å²) in [5.74, 6) is 0.482. The molecule has 0 aliphatic carbocycles. The third-order valence-electron chi connectivity index (χ3n) is 2.40. The predicted molar refractivity (Wildman–Crippen MR) is 78.7 cm³/mol. The maximum atomic E-state index is 11.5. The smallest absolute Gasteiger partial charge is 0.271 e. The fraction of sp³-hybridized carbons (Fsp3) is 0.154. The number of nitrogens with zero attached hydrogens (tertiary/aromatic N) is 2. The summed E-state index contributed by atoms with van der Waals surface area (Å²) in [7, 11) is 0. The summed E-state index contributed by atoms with van der Waals surface area (Å²) in [4.78, 5) is 11.5.